The van der Waals surface area contributed by atoms with Gasteiger partial charge in [-0.2, -0.15) is 0 Å². The molecule has 108 valence electrons. The topological polar surface area (TPSA) is 95.9 Å². The minimum atomic E-state index is -1.07. The number of aliphatic hydroxyl groups is 1. The normalized spacial score (nSPS) is 21.7. The Morgan fingerprint density at radius 3 is 2.70 bits per heavy atom. The van der Waals surface area contributed by atoms with Gasteiger partial charge in [-0.1, -0.05) is 0 Å². The molecular formula is C13H14BrNO5. The lowest BCUT2D eigenvalue weighted by atomic mass is 9.99. The molecule has 3 N–H and O–H groups in total. The van der Waals surface area contributed by atoms with E-state index in [1.54, 1.807) is 0 Å². The van der Waals surface area contributed by atoms with E-state index < -0.39 is 11.5 Å². The quantitative estimate of drug-likeness (QED) is 0.758. The van der Waals surface area contributed by atoms with E-state index in [-0.39, 0.29) is 24.7 Å². The molecule has 6 nitrogen and oxygen atoms in total. The average molecular weight is 344 g/mol. The predicted octanol–water partition coefficient (Wildman–Crippen LogP) is 1.03. The zero-order chi connectivity index (χ0) is 14.8. The summed E-state index contributed by atoms with van der Waals surface area (Å²) in [5.41, 5.74) is -0.348. The van der Waals surface area contributed by atoms with Gasteiger partial charge in [-0.15, -0.1) is 0 Å². The van der Waals surface area contributed by atoms with Crippen LogP contribution in [0.2, 0.25) is 0 Å². The van der Waals surface area contributed by atoms with Gasteiger partial charge in [0.05, 0.1) is 24.3 Å². The van der Waals surface area contributed by atoms with Crippen molar-refractivity contribution in [1.29, 1.82) is 0 Å². The summed E-state index contributed by atoms with van der Waals surface area (Å²) in [7, 11) is 0. The number of aromatic carboxylic acids is 1. The lowest BCUT2D eigenvalue weighted by Gasteiger charge is -2.26. The Labute approximate surface area is 123 Å². The zero-order valence-electron chi connectivity index (χ0n) is 10.6. The first-order valence-corrected chi connectivity index (χ1v) is 6.81. The molecule has 0 spiro atoms. The fraction of sp³-hybridized carbons (Fsp3) is 0.385. The number of amides is 1. The van der Waals surface area contributed by atoms with Gasteiger partial charge >= 0.3 is 5.97 Å². The molecule has 1 aromatic carbocycles. The van der Waals surface area contributed by atoms with Crippen LogP contribution in [-0.4, -0.2) is 47.4 Å². The molecule has 2 rings (SSSR count). The van der Waals surface area contributed by atoms with E-state index >= 15 is 0 Å². The fourth-order valence-corrected chi connectivity index (χ4v) is 2.56. The first-order chi connectivity index (χ1) is 9.47. The standard InChI is InChI=1S/C13H14BrNO5/c14-10-5-8(1-2-9(10)12(18)19)11(17)15-13(6-16)3-4-20-7-13/h1-2,5,16H,3-4,6-7H2,(H,15,17)(H,18,19). The van der Waals surface area contributed by atoms with E-state index in [2.05, 4.69) is 21.2 Å². The Bertz CT molecular complexity index is 540. The van der Waals surface area contributed by atoms with E-state index in [4.69, 9.17) is 9.84 Å². The minimum Gasteiger partial charge on any atom is -0.478 e. The Kier molecular flexibility index (Phi) is 4.42. The number of hydrogen-bond donors (Lipinski definition) is 3. The number of ether oxygens (including phenoxy) is 1. The predicted molar refractivity (Wildman–Crippen MR) is 73.8 cm³/mol. The minimum absolute atomic E-state index is 0.0858. The van der Waals surface area contributed by atoms with Crippen LogP contribution in [0.15, 0.2) is 22.7 Å². The Morgan fingerprint density at radius 1 is 1.45 bits per heavy atom. The second-order valence-corrected chi connectivity index (χ2v) is 5.55. The summed E-state index contributed by atoms with van der Waals surface area (Å²) in [6, 6.07) is 4.24. The second kappa shape index (κ2) is 5.90. The highest BCUT2D eigenvalue weighted by Gasteiger charge is 2.36. The summed E-state index contributed by atoms with van der Waals surface area (Å²) in [6.07, 6.45) is 0.545. The van der Waals surface area contributed by atoms with Gasteiger partial charge in [-0.25, -0.2) is 4.79 Å². The largest absolute Gasteiger partial charge is 0.478 e. The summed E-state index contributed by atoms with van der Waals surface area (Å²) in [4.78, 5) is 23.1. The molecule has 1 fully saturated rings. The molecule has 0 aliphatic carbocycles. The summed E-state index contributed by atoms with van der Waals surface area (Å²) in [5, 5.41) is 21.1. The molecule has 1 unspecified atom stereocenters. The van der Waals surface area contributed by atoms with Crippen molar-refractivity contribution in [2.45, 2.75) is 12.0 Å². The number of halogens is 1. The van der Waals surface area contributed by atoms with Gasteiger partial charge < -0.3 is 20.3 Å². The van der Waals surface area contributed by atoms with E-state index in [1.807, 2.05) is 0 Å². The SMILES string of the molecule is O=C(NC1(CO)CCOC1)c1ccc(C(=O)O)c(Br)c1. The number of benzene rings is 1. The molecule has 20 heavy (non-hydrogen) atoms. The van der Waals surface area contributed by atoms with Crippen molar-refractivity contribution in [3.63, 3.8) is 0 Å². The van der Waals surface area contributed by atoms with Crippen molar-refractivity contribution in [3.8, 4) is 0 Å². The third-order valence-electron chi connectivity index (χ3n) is 3.25. The molecule has 1 aliphatic heterocycles. The number of carbonyl (C=O) groups is 2. The van der Waals surface area contributed by atoms with E-state index in [0.717, 1.165) is 0 Å². The third kappa shape index (κ3) is 3.00. The summed E-state index contributed by atoms with van der Waals surface area (Å²) >= 11 is 3.12. The van der Waals surface area contributed by atoms with Crippen LogP contribution in [0, 0.1) is 0 Å². The molecule has 7 heteroatoms. The third-order valence-corrected chi connectivity index (χ3v) is 3.90. The summed E-state index contributed by atoms with van der Waals surface area (Å²) in [6.45, 7) is 0.555. The highest BCUT2D eigenvalue weighted by molar-refractivity contribution is 9.10. The second-order valence-electron chi connectivity index (χ2n) is 4.69. The molecule has 1 heterocycles. The first kappa shape index (κ1) is 15.0. The Morgan fingerprint density at radius 2 is 2.20 bits per heavy atom. The van der Waals surface area contributed by atoms with Crippen LogP contribution in [-0.2, 0) is 4.74 Å². The van der Waals surface area contributed by atoms with Gasteiger partial charge in [0.2, 0.25) is 0 Å². The van der Waals surface area contributed by atoms with Gasteiger partial charge in [0.25, 0.3) is 5.91 Å². The molecule has 1 amide bonds. The summed E-state index contributed by atoms with van der Waals surface area (Å²) in [5.74, 6) is -1.44. The summed E-state index contributed by atoms with van der Waals surface area (Å²) < 4.78 is 5.53. The van der Waals surface area contributed by atoms with Crippen molar-refractivity contribution in [2.24, 2.45) is 0 Å². The molecule has 0 saturated carbocycles. The number of carboxylic acid groups (broad SMARTS) is 1. The first-order valence-electron chi connectivity index (χ1n) is 6.01. The monoisotopic (exact) mass is 343 g/mol. The number of rotatable bonds is 4. The molecule has 1 aliphatic rings. The van der Waals surface area contributed by atoms with Crippen molar-refractivity contribution < 1.29 is 24.5 Å². The molecule has 0 radical (unpaired) electrons. The molecule has 1 aromatic rings. The molecule has 1 saturated heterocycles. The van der Waals surface area contributed by atoms with E-state index in [0.29, 0.717) is 23.1 Å². The van der Waals surface area contributed by atoms with Crippen LogP contribution in [0.4, 0.5) is 0 Å². The Balaban J connectivity index is 2.17. The van der Waals surface area contributed by atoms with Crippen LogP contribution in [0.1, 0.15) is 27.1 Å². The van der Waals surface area contributed by atoms with Gasteiger partial charge in [-0.3, -0.25) is 4.79 Å². The molecule has 0 bridgehead atoms. The van der Waals surface area contributed by atoms with Crippen LogP contribution in [0.3, 0.4) is 0 Å². The van der Waals surface area contributed by atoms with Gasteiger partial charge in [0, 0.05) is 16.6 Å². The number of carboxylic acids is 1. The number of hydrogen-bond acceptors (Lipinski definition) is 4. The lowest BCUT2D eigenvalue weighted by Crippen LogP contribution is -2.52. The van der Waals surface area contributed by atoms with Gasteiger partial charge in [0.1, 0.15) is 0 Å². The van der Waals surface area contributed by atoms with Crippen molar-refractivity contribution in [2.75, 3.05) is 19.8 Å². The van der Waals surface area contributed by atoms with Crippen molar-refractivity contribution in [1.82, 2.24) is 5.32 Å². The smallest absolute Gasteiger partial charge is 0.336 e. The van der Waals surface area contributed by atoms with Crippen molar-refractivity contribution >= 4 is 27.8 Å². The van der Waals surface area contributed by atoms with E-state index in [9.17, 15) is 14.7 Å². The highest BCUT2D eigenvalue weighted by Crippen LogP contribution is 2.21. The van der Waals surface area contributed by atoms with E-state index in [1.165, 1.54) is 18.2 Å². The average Bonchev–Trinajstić information content (AvgIpc) is 2.87. The molecule has 0 aromatic heterocycles. The Hall–Kier alpha value is -1.44. The number of aliphatic hydroxyl groups excluding tert-OH is 1. The molecular weight excluding hydrogens is 330 g/mol. The highest BCUT2D eigenvalue weighted by atomic mass is 79.9. The van der Waals surface area contributed by atoms with Crippen LogP contribution in [0.25, 0.3) is 0 Å². The lowest BCUT2D eigenvalue weighted by molar-refractivity contribution is 0.0694. The van der Waals surface area contributed by atoms with Crippen LogP contribution in [0.5, 0.6) is 0 Å². The number of carbonyl (C=O) groups excluding carboxylic acids is 1. The maximum Gasteiger partial charge on any atom is 0.336 e. The zero-order valence-corrected chi connectivity index (χ0v) is 12.1. The number of nitrogens with one attached hydrogen (secondary N) is 1. The van der Waals surface area contributed by atoms with Crippen molar-refractivity contribution in [3.05, 3.63) is 33.8 Å². The molecule has 1 atom stereocenters. The fourth-order valence-electron chi connectivity index (χ4n) is 2.01. The van der Waals surface area contributed by atoms with Gasteiger partial charge in [0.15, 0.2) is 0 Å². The van der Waals surface area contributed by atoms with Crippen LogP contribution >= 0.6 is 15.9 Å². The maximum atomic E-state index is 12.2. The van der Waals surface area contributed by atoms with Gasteiger partial charge in [-0.05, 0) is 40.5 Å². The van der Waals surface area contributed by atoms with Crippen LogP contribution < -0.4 is 5.32 Å². The maximum absolute atomic E-state index is 12.2.